The van der Waals surface area contributed by atoms with Gasteiger partial charge in [-0.3, -0.25) is 28.7 Å². The number of aliphatic imine (C=N–C) groups is 1. The molecule has 0 radical (unpaired) electrons. The van der Waals surface area contributed by atoms with Gasteiger partial charge in [-0.1, -0.05) is 109 Å². The van der Waals surface area contributed by atoms with Crippen LogP contribution in [0.1, 0.15) is 231 Å². The number of anilines is 2. The third kappa shape index (κ3) is 24.5. The number of carbonyl (C=O) groups excluding carboxylic acids is 2. The summed E-state index contributed by atoms with van der Waals surface area (Å²) in [6.45, 7) is 49.0. The summed E-state index contributed by atoms with van der Waals surface area (Å²) in [6, 6.07) is 44.4. The summed E-state index contributed by atoms with van der Waals surface area (Å²) < 4.78 is 65.6. The Balaban J connectivity index is 0.000000201. The maximum atomic E-state index is 13.4. The maximum absolute atomic E-state index is 13.4. The number of rotatable bonds is 34. The van der Waals surface area contributed by atoms with Crippen LogP contribution >= 0.6 is 0 Å². The molecule has 0 saturated carbocycles. The molecular formula is C113H145N8O15S+3. The highest BCUT2D eigenvalue weighted by Gasteiger charge is 2.49. The molecule has 14 rings (SSSR count). The number of carboxylic acid groups (broad SMARTS) is 2. The van der Waals surface area contributed by atoms with E-state index in [1.165, 1.54) is 62.2 Å². The quantitative estimate of drug-likeness (QED) is 0.00611. The summed E-state index contributed by atoms with van der Waals surface area (Å²) in [5.74, 6) is 0.201. The van der Waals surface area contributed by atoms with Gasteiger partial charge in [0.25, 0.3) is 21.9 Å². The van der Waals surface area contributed by atoms with Crippen LogP contribution in [0.15, 0.2) is 192 Å². The minimum absolute atomic E-state index is 0.0115. The molecule has 8 N–H and O–H groups in total. The molecule has 137 heavy (non-hydrogen) atoms. The van der Waals surface area contributed by atoms with Gasteiger partial charge in [-0.15, -0.1) is 0 Å². The number of amides is 2. The highest BCUT2D eigenvalue weighted by molar-refractivity contribution is 7.85. The molecule has 2 atom stereocenters. The van der Waals surface area contributed by atoms with Gasteiger partial charge in [-0.25, -0.2) is 0 Å². The first kappa shape index (κ1) is 105. The van der Waals surface area contributed by atoms with E-state index < -0.39 is 38.7 Å². The van der Waals surface area contributed by atoms with Gasteiger partial charge in [0.15, 0.2) is 34.9 Å². The predicted molar refractivity (Wildman–Crippen MR) is 549 cm³/mol. The van der Waals surface area contributed by atoms with E-state index in [4.69, 9.17) is 29.2 Å². The summed E-state index contributed by atoms with van der Waals surface area (Å²) in [5, 5.41) is 47.9. The van der Waals surface area contributed by atoms with Crippen LogP contribution in [0.25, 0.3) is 0 Å². The number of allylic oxidation sites excluding steroid dienone is 7. The largest absolute Gasteiger partial charge is 0.507 e. The molecule has 23 nitrogen and oxygen atoms in total. The van der Waals surface area contributed by atoms with E-state index in [1.54, 1.807) is 18.3 Å². The van der Waals surface area contributed by atoms with E-state index in [0.717, 1.165) is 135 Å². The fourth-order valence-corrected chi connectivity index (χ4v) is 19.7. The fourth-order valence-electron chi connectivity index (χ4n) is 19.2. The SMILES string of the molecule is C(/C=C/Nc1ccccc1)=Nc1ccccc1.CC1=[N+](CCCCCC(=O)O)c2ccc(C)cc2C1(C)C.CC1=[N+](CCOCCNC(=O)C2(C)CCc3c(C)c(O)c(C)c(C)c3O2)c2ccc(C)cc2C1(C)C.Cc1ccc2c(c1)C(C)(C)C(=CC=CC=CC1=[N+](CCCCCC(=O)O)c3ccc(S(=O)(=O)O)cc3C1(C)C)N2CCOCCNC(=O)C1(C)CCc2c(C)c(O)c(C)c(C)c2O1. The van der Waals surface area contributed by atoms with Crippen LogP contribution in [-0.4, -0.2) is 171 Å². The van der Waals surface area contributed by atoms with E-state index in [1.807, 2.05) is 166 Å². The molecular weight excluding hydrogens is 1740 g/mol. The third-order valence-electron chi connectivity index (χ3n) is 28.5. The first-order chi connectivity index (χ1) is 64.8. The smallest absolute Gasteiger partial charge is 0.303 e. The molecule has 730 valence electrons. The molecule has 24 heteroatoms. The Hall–Kier alpha value is -12.1. The first-order valence-electron chi connectivity index (χ1n) is 48.2. The number of hydrogen-bond acceptors (Lipinski definition) is 15. The lowest BCUT2D eigenvalue weighted by Gasteiger charge is -2.36. The minimum atomic E-state index is -4.40. The average Bonchev–Trinajstić information content (AvgIpc) is 1.51. The molecule has 2 unspecified atom stereocenters. The number of carbonyl (C=O) groups is 4. The summed E-state index contributed by atoms with van der Waals surface area (Å²) in [6.07, 6.45) is 23.3. The maximum Gasteiger partial charge on any atom is 0.303 e. The molecule has 0 aliphatic carbocycles. The van der Waals surface area contributed by atoms with Gasteiger partial charge in [0.1, 0.15) is 42.7 Å². The summed E-state index contributed by atoms with van der Waals surface area (Å²) in [7, 11) is -4.40. The number of ether oxygens (including phenoxy) is 4. The normalized spacial score (nSPS) is 18.1. The number of carboxylic acids is 2. The number of aromatic hydroxyl groups is 2. The molecule has 8 aromatic rings. The Morgan fingerprint density at radius 3 is 1.45 bits per heavy atom. The van der Waals surface area contributed by atoms with Gasteiger partial charge in [0, 0.05) is 159 Å². The van der Waals surface area contributed by atoms with Crippen LogP contribution in [0, 0.1) is 62.3 Å². The summed E-state index contributed by atoms with van der Waals surface area (Å²) in [4.78, 5) is 54.5. The van der Waals surface area contributed by atoms with E-state index in [-0.39, 0.29) is 51.5 Å². The van der Waals surface area contributed by atoms with Gasteiger partial charge in [0.05, 0.1) is 46.6 Å². The molecule has 8 aromatic carbocycles. The number of unbranched alkanes of at least 4 members (excludes halogenated alkanes) is 4. The lowest BCUT2D eigenvalue weighted by atomic mass is 9.81. The molecule has 0 bridgehead atoms. The van der Waals surface area contributed by atoms with Gasteiger partial charge in [0.2, 0.25) is 17.1 Å². The Morgan fingerprint density at radius 2 is 0.942 bits per heavy atom. The van der Waals surface area contributed by atoms with Crippen LogP contribution in [-0.2, 0) is 73.3 Å². The number of aliphatic carboxylic acids is 2. The number of phenolic OH excluding ortho intramolecular Hbond substituents is 2. The van der Waals surface area contributed by atoms with Crippen molar-refractivity contribution in [3.05, 3.63) is 265 Å². The van der Waals surface area contributed by atoms with Gasteiger partial charge < -0.3 is 60.2 Å². The monoisotopic (exact) mass is 1890 g/mol. The summed E-state index contributed by atoms with van der Waals surface area (Å²) in [5.41, 5.74) is 24.1. The van der Waals surface area contributed by atoms with Crippen molar-refractivity contribution in [3.8, 4) is 23.0 Å². The van der Waals surface area contributed by atoms with Crippen LogP contribution in [0.2, 0.25) is 0 Å². The number of fused-ring (bicyclic) bond motifs is 6. The van der Waals surface area contributed by atoms with Crippen molar-refractivity contribution in [2.75, 3.05) is 75.9 Å². The van der Waals surface area contributed by atoms with Gasteiger partial charge in [-0.05, 0) is 262 Å². The predicted octanol–water partition coefficient (Wildman–Crippen LogP) is 21.6. The highest BCUT2D eigenvalue weighted by atomic mass is 32.2. The second-order valence-corrected chi connectivity index (χ2v) is 41.0. The zero-order valence-corrected chi connectivity index (χ0v) is 85.2. The molecule has 6 aliphatic heterocycles. The van der Waals surface area contributed by atoms with Crippen LogP contribution in [0.4, 0.5) is 34.1 Å². The van der Waals surface area contributed by atoms with Crippen LogP contribution in [0.5, 0.6) is 23.0 Å². The van der Waals surface area contributed by atoms with Crippen molar-refractivity contribution in [2.45, 2.75) is 260 Å². The lowest BCUT2D eigenvalue weighted by Crippen LogP contribution is -2.51. The summed E-state index contributed by atoms with van der Waals surface area (Å²) >= 11 is 0. The van der Waals surface area contributed by atoms with E-state index >= 15 is 0 Å². The minimum Gasteiger partial charge on any atom is -0.507 e. The molecule has 0 fully saturated rings. The van der Waals surface area contributed by atoms with Crippen molar-refractivity contribution < 1.29 is 85.2 Å². The lowest BCUT2D eigenvalue weighted by molar-refractivity contribution is -0.443. The standard InChI is InChI=1S/C50H63N3O9S.C30H40N2O4.C18H25NO2.C15H14N2/c1-32-19-21-40-38(30-32)48(5,6)43(53(40)27-29-61-28-25-51-47(57)50(9)24-23-37-35(4)45(56)33(2)34(3)46(37)62-50)17-13-10-12-16-42-49(7,8)39-31-36(63(58,59)60)20-22-41(39)52(42)26-15-11-14-18-44(54)55;1-18-9-10-25-24(17-18)29(6,7)22(5)32(25)14-16-35-15-13-31-28(34)30(8)12-11-23-21(4)26(33)19(2)20(3)27(23)36-30;1-13-9-10-16-15(12-13)18(3,4)14(2)19(16)11-7-5-6-8-17(20)21;1-3-8-14(9-4-1)16-12-7-13-17-15-10-5-2-6-11-15/h10,12-13,16-17,19-22,30-31H,11,14-15,18,23-29H2,1-9H3,(H3-,51,54,55,56,57,58,59,60);9-10,17H,11-16H2,1-8H3,(H-,31,33,34);9-10,12H,5-8,11H2,1-4H3;1-13,16H/p+3/b;;;12-7+,17-13?. The number of hydrogen-bond donors (Lipinski definition) is 8. The second kappa shape index (κ2) is 45.0. The van der Waals surface area contributed by atoms with Crippen molar-refractivity contribution in [1.82, 2.24) is 10.6 Å². The van der Waals surface area contributed by atoms with E-state index in [2.05, 4.69) is 176 Å². The third-order valence-corrected chi connectivity index (χ3v) is 29.4. The average molecular weight is 1890 g/mol. The van der Waals surface area contributed by atoms with Gasteiger partial charge >= 0.3 is 11.9 Å². The van der Waals surface area contributed by atoms with Crippen molar-refractivity contribution >= 4 is 91.3 Å². The number of benzene rings is 8. The Labute approximate surface area is 811 Å². The van der Waals surface area contributed by atoms with E-state index in [0.29, 0.717) is 96.2 Å². The van der Waals surface area contributed by atoms with Crippen molar-refractivity contribution in [2.24, 2.45) is 4.99 Å². The Bertz CT molecular complexity index is 6190. The second-order valence-electron chi connectivity index (χ2n) is 39.5. The zero-order chi connectivity index (χ0) is 99.9. The van der Waals surface area contributed by atoms with E-state index in [9.17, 15) is 42.4 Å². The molecule has 0 spiro atoms. The molecule has 2 amide bonds. The van der Waals surface area contributed by atoms with Crippen LogP contribution in [0.3, 0.4) is 0 Å². The Morgan fingerprint density at radius 1 is 0.482 bits per heavy atom. The topological polar surface area (TPSA) is 301 Å². The fraction of sp³-hybridized carbons (Fsp3) is 0.434. The van der Waals surface area contributed by atoms with Gasteiger partial charge in [-0.2, -0.15) is 22.1 Å². The number of nitrogens with one attached hydrogen (secondary N) is 3. The van der Waals surface area contributed by atoms with Crippen LogP contribution < -0.4 is 30.3 Å². The molecule has 6 heterocycles. The highest BCUT2D eigenvalue weighted by Crippen LogP contribution is 2.51. The zero-order valence-electron chi connectivity index (χ0n) is 84.3. The van der Waals surface area contributed by atoms with Crippen molar-refractivity contribution in [3.63, 3.8) is 0 Å². The molecule has 0 aromatic heterocycles. The number of nitrogens with zero attached hydrogens (tertiary/aromatic N) is 5. The number of para-hydroxylation sites is 2. The number of aryl methyl sites for hydroxylation is 3. The van der Waals surface area contributed by atoms with Crippen molar-refractivity contribution in [1.29, 1.82) is 0 Å². The molecule has 6 aliphatic rings. The number of phenols is 2. The Kier molecular flexibility index (Phi) is 34.6. The molecule has 0 saturated heterocycles. The first-order valence-corrected chi connectivity index (χ1v) is 49.6.